The van der Waals surface area contributed by atoms with Gasteiger partial charge in [-0.3, -0.25) is 5.10 Å². The van der Waals surface area contributed by atoms with Crippen LogP contribution in [0.5, 0.6) is 0 Å². The Morgan fingerprint density at radius 3 is 2.78 bits per heavy atom. The molecule has 0 spiro atoms. The number of likely N-dealkylation sites (N-methyl/N-ethyl adjacent to an activating group) is 1. The number of piperazine rings is 1. The topological polar surface area (TPSA) is 70.2 Å². The van der Waals surface area contributed by atoms with Crippen molar-refractivity contribution in [1.82, 2.24) is 25.1 Å². The van der Waals surface area contributed by atoms with Crippen molar-refractivity contribution in [3.05, 3.63) is 29.7 Å². The second kappa shape index (κ2) is 6.42. The van der Waals surface area contributed by atoms with E-state index >= 15 is 0 Å². The molecular weight excluding hydrogens is 340 g/mol. The summed E-state index contributed by atoms with van der Waals surface area (Å²) in [5.74, 6) is 0.981. The molecule has 1 saturated heterocycles. The van der Waals surface area contributed by atoms with E-state index < -0.39 is 0 Å². The molecule has 3 heterocycles. The van der Waals surface area contributed by atoms with E-state index in [1.165, 1.54) is 5.56 Å². The number of fused-ring (bicyclic) bond motifs is 1. The van der Waals surface area contributed by atoms with E-state index in [2.05, 4.69) is 62.2 Å². The van der Waals surface area contributed by atoms with Crippen molar-refractivity contribution in [3.8, 4) is 11.4 Å². The van der Waals surface area contributed by atoms with E-state index in [4.69, 9.17) is 4.74 Å². The van der Waals surface area contributed by atoms with Gasteiger partial charge < -0.3 is 14.5 Å². The summed E-state index contributed by atoms with van der Waals surface area (Å²) >= 11 is 0. The summed E-state index contributed by atoms with van der Waals surface area (Å²) < 4.78 is 6.26. The summed E-state index contributed by atoms with van der Waals surface area (Å²) in [5, 5.41) is 7.72. The number of hydrogen-bond acceptors (Lipinski definition) is 6. The normalized spacial score (nSPS) is 24.1. The molecule has 0 aromatic carbocycles. The molecule has 5 rings (SSSR count). The van der Waals surface area contributed by atoms with Crippen molar-refractivity contribution in [2.24, 2.45) is 0 Å². The second-order valence-electron chi connectivity index (χ2n) is 8.19. The lowest BCUT2D eigenvalue weighted by molar-refractivity contribution is 0.00641. The number of aromatic amines is 1. The largest absolute Gasteiger partial charge is 0.368 e. The van der Waals surface area contributed by atoms with E-state index in [1.54, 1.807) is 6.33 Å². The Balaban J connectivity index is 1.39. The molecule has 1 atom stereocenters. The Kier molecular flexibility index (Phi) is 4.02. The third kappa shape index (κ3) is 3.37. The fourth-order valence-corrected chi connectivity index (χ4v) is 3.83. The maximum Gasteiger partial charge on any atom is 0.132 e. The molecule has 0 amide bonds. The molecule has 142 valence electrons. The highest BCUT2D eigenvalue weighted by molar-refractivity contribution is 5.69. The minimum absolute atomic E-state index is 0.0694. The van der Waals surface area contributed by atoms with Crippen molar-refractivity contribution < 1.29 is 4.74 Å². The molecule has 1 aliphatic heterocycles. The molecule has 1 saturated carbocycles. The third-order valence-electron chi connectivity index (χ3n) is 5.89. The van der Waals surface area contributed by atoms with Crippen molar-refractivity contribution in [2.75, 3.05) is 38.1 Å². The lowest BCUT2D eigenvalue weighted by atomic mass is 9.98. The van der Waals surface area contributed by atoms with Gasteiger partial charge in [0.25, 0.3) is 0 Å². The molecule has 2 aliphatic carbocycles. The van der Waals surface area contributed by atoms with Crippen molar-refractivity contribution in [3.63, 3.8) is 0 Å². The Morgan fingerprint density at radius 1 is 1.19 bits per heavy atom. The molecule has 3 aliphatic rings. The lowest BCUT2D eigenvalue weighted by Gasteiger charge is -2.33. The Hall–Kier alpha value is -2.25. The van der Waals surface area contributed by atoms with Crippen LogP contribution < -0.4 is 4.90 Å². The van der Waals surface area contributed by atoms with E-state index in [-0.39, 0.29) is 11.7 Å². The summed E-state index contributed by atoms with van der Waals surface area (Å²) in [4.78, 5) is 13.7. The number of aromatic nitrogens is 4. The first-order valence-electron chi connectivity index (χ1n) is 9.79. The van der Waals surface area contributed by atoms with Crippen LogP contribution in [0, 0.1) is 0 Å². The van der Waals surface area contributed by atoms with Gasteiger partial charge in [0.05, 0.1) is 23.1 Å². The zero-order valence-electron chi connectivity index (χ0n) is 16.0. The summed E-state index contributed by atoms with van der Waals surface area (Å²) in [5.41, 5.74) is 4.12. The molecule has 27 heavy (non-hydrogen) atoms. The van der Waals surface area contributed by atoms with Gasteiger partial charge in [0.2, 0.25) is 0 Å². The van der Waals surface area contributed by atoms with Gasteiger partial charge in [0, 0.05) is 44.2 Å². The number of nitrogens with zero attached hydrogens (tertiary/aromatic N) is 5. The van der Waals surface area contributed by atoms with E-state index in [0.717, 1.165) is 68.3 Å². The van der Waals surface area contributed by atoms with Crippen LogP contribution in [0.4, 0.5) is 5.82 Å². The minimum Gasteiger partial charge on any atom is -0.368 e. The zero-order valence-corrected chi connectivity index (χ0v) is 16.0. The summed E-state index contributed by atoms with van der Waals surface area (Å²) in [6, 6.07) is 2.07. The highest BCUT2D eigenvalue weighted by atomic mass is 16.5. The van der Waals surface area contributed by atoms with Crippen LogP contribution in [0.15, 0.2) is 18.5 Å². The predicted molar refractivity (Wildman–Crippen MR) is 105 cm³/mol. The van der Waals surface area contributed by atoms with E-state index in [1.807, 2.05) is 0 Å². The smallest absolute Gasteiger partial charge is 0.132 e. The maximum atomic E-state index is 6.26. The van der Waals surface area contributed by atoms with Gasteiger partial charge >= 0.3 is 0 Å². The summed E-state index contributed by atoms with van der Waals surface area (Å²) in [6.45, 7) is 6.28. The average Bonchev–Trinajstić information content (AvgIpc) is 3.25. The fourth-order valence-electron chi connectivity index (χ4n) is 3.83. The van der Waals surface area contributed by atoms with Crippen molar-refractivity contribution in [2.45, 2.75) is 37.9 Å². The van der Waals surface area contributed by atoms with Crippen LogP contribution >= 0.6 is 0 Å². The number of ether oxygens (including phenoxy) is 1. The molecular formula is C20H26N6O. The monoisotopic (exact) mass is 366 g/mol. The van der Waals surface area contributed by atoms with Crippen molar-refractivity contribution in [1.29, 1.82) is 0 Å². The van der Waals surface area contributed by atoms with Crippen LogP contribution in [0.3, 0.4) is 0 Å². The first-order valence-corrected chi connectivity index (χ1v) is 9.79. The SMILES string of the molecule is CN1CCN(c2cc(-c3n[nH]c4c3CC(OC3(C)CC3)C=C4)ncn2)CC1. The number of nitrogens with one attached hydrogen (secondary N) is 1. The third-order valence-corrected chi connectivity index (χ3v) is 5.89. The first-order chi connectivity index (χ1) is 13.1. The first kappa shape index (κ1) is 16.9. The molecule has 7 nitrogen and oxygen atoms in total. The van der Waals surface area contributed by atoms with Crippen LogP contribution in [-0.2, 0) is 11.2 Å². The number of hydrogen-bond donors (Lipinski definition) is 1. The van der Waals surface area contributed by atoms with Crippen LogP contribution in [0.1, 0.15) is 31.0 Å². The van der Waals surface area contributed by atoms with Gasteiger partial charge in [0.15, 0.2) is 0 Å². The average molecular weight is 366 g/mol. The highest BCUT2D eigenvalue weighted by Gasteiger charge is 2.41. The standard InChI is InChI=1S/C20H26N6O/c1-20(5-6-20)27-14-3-4-16-15(11-14)19(24-23-16)17-12-18(22-13-21-17)26-9-7-25(2)8-10-26/h3-4,12-14H,5-11H2,1-2H3,(H,23,24). The number of anilines is 1. The maximum absolute atomic E-state index is 6.26. The quantitative estimate of drug-likeness (QED) is 0.894. The number of rotatable bonds is 4. The van der Waals surface area contributed by atoms with Gasteiger partial charge in [-0.1, -0.05) is 6.08 Å². The van der Waals surface area contributed by atoms with Gasteiger partial charge in [-0.15, -0.1) is 0 Å². The fraction of sp³-hybridized carbons (Fsp3) is 0.550. The molecule has 0 radical (unpaired) electrons. The van der Waals surface area contributed by atoms with E-state index in [0.29, 0.717) is 0 Å². The van der Waals surface area contributed by atoms with Crippen LogP contribution in [-0.4, -0.2) is 70.0 Å². The molecule has 2 aromatic heterocycles. The Morgan fingerprint density at radius 2 is 2.00 bits per heavy atom. The number of H-pyrrole nitrogens is 1. The molecule has 2 aromatic rings. The predicted octanol–water partition coefficient (Wildman–Crippen LogP) is 2.13. The van der Waals surface area contributed by atoms with Crippen LogP contribution in [0.25, 0.3) is 17.5 Å². The Bertz CT molecular complexity index is 863. The molecule has 1 N–H and O–H groups in total. The summed E-state index contributed by atoms with van der Waals surface area (Å²) in [7, 11) is 2.16. The minimum atomic E-state index is 0.0694. The molecule has 1 unspecified atom stereocenters. The van der Waals surface area contributed by atoms with Gasteiger partial charge in [-0.25, -0.2) is 9.97 Å². The van der Waals surface area contributed by atoms with Crippen LogP contribution in [0.2, 0.25) is 0 Å². The lowest BCUT2D eigenvalue weighted by Crippen LogP contribution is -2.44. The molecule has 7 heteroatoms. The van der Waals surface area contributed by atoms with E-state index in [9.17, 15) is 0 Å². The van der Waals surface area contributed by atoms with Crippen molar-refractivity contribution >= 4 is 11.9 Å². The van der Waals surface area contributed by atoms with Gasteiger partial charge in [-0.05, 0) is 32.9 Å². The molecule has 2 fully saturated rings. The van der Waals surface area contributed by atoms with Gasteiger partial charge in [0.1, 0.15) is 17.8 Å². The summed E-state index contributed by atoms with van der Waals surface area (Å²) in [6.07, 6.45) is 9.15. The van der Waals surface area contributed by atoms with Gasteiger partial charge in [-0.2, -0.15) is 5.10 Å². The Labute approximate surface area is 159 Å². The zero-order chi connectivity index (χ0) is 18.4. The highest BCUT2D eigenvalue weighted by Crippen LogP contribution is 2.41. The molecule has 0 bridgehead atoms. The second-order valence-corrected chi connectivity index (χ2v) is 8.19.